The van der Waals surface area contributed by atoms with Crippen molar-refractivity contribution >= 4 is 46.8 Å². The van der Waals surface area contributed by atoms with E-state index in [-0.39, 0.29) is 64.5 Å². The molecule has 1 aromatic heterocycles. The summed E-state index contributed by atoms with van der Waals surface area (Å²) >= 11 is 6.28. The summed E-state index contributed by atoms with van der Waals surface area (Å²) in [5.41, 5.74) is 1.85. The largest absolute Gasteiger partial charge is 0.489 e. The van der Waals surface area contributed by atoms with Crippen LogP contribution >= 0.6 is 11.6 Å². The fourth-order valence-corrected chi connectivity index (χ4v) is 11.1. The highest BCUT2D eigenvalue weighted by Crippen LogP contribution is 2.59. The number of carbonyl (C=O) groups excluding carboxylic acids is 5. The van der Waals surface area contributed by atoms with Crippen molar-refractivity contribution in [1.29, 1.82) is 5.26 Å². The summed E-state index contributed by atoms with van der Waals surface area (Å²) in [4.78, 5) is 76.1. The van der Waals surface area contributed by atoms with E-state index in [1.54, 1.807) is 18.2 Å². The standard InChI is InChI=1S/C46H45ClFN7O6/c1-45(2)43(46(3,4)44(45)61-29-9-6-27(20-49)33(47)17-29)54-24-35-30(40(54)58)10-8-28(50-35)7-5-26-22-52(23-26)21-25-13-15-53(16-14-25)37-19-32-31(18-34(37)48)41(59)55(42(32)60)36-11-12-38(56)51-39(36)57/h6,8-10,17-19,25-26,36,43-44H,11-16,21-24H2,1-4H3,(H,51,56,57)/t36?,43-,44-. The average molecular weight is 846 g/mol. The smallest absolute Gasteiger partial charge is 0.262 e. The SMILES string of the molecule is CC1(C)[C@H](Oc2ccc(C#N)c(Cl)c2)C(C)(C)[C@H]1N1Cc2nc(C#CC3CN(CC4CCN(c5cc6c(cc5F)C(=O)N(C5CCC(=O)NC5=O)C6=O)CC4)C3)ccc2C1=O. The van der Waals surface area contributed by atoms with Gasteiger partial charge in [0.15, 0.2) is 0 Å². The molecular formula is C46H45ClFN7O6. The molecule has 61 heavy (non-hydrogen) atoms. The number of hydrogen-bond acceptors (Lipinski definition) is 10. The van der Waals surface area contributed by atoms with E-state index < -0.39 is 35.5 Å². The van der Waals surface area contributed by atoms with E-state index in [4.69, 9.17) is 21.3 Å². The van der Waals surface area contributed by atoms with Crippen molar-refractivity contribution in [3.05, 3.63) is 86.9 Å². The van der Waals surface area contributed by atoms with Gasteiger partial charge < -0.3 is 19.4 Å². The molecule has 1 saturated carbocycles. The van der Waals surface area contributed by atoms with Gasteiger partial charge in [0.05, 0.1) is 45.2 Å². The molecule has 2 aromatic carbocycles. The minimum Gasteiger partial charge on any atom is -0.489 e. The topological polar surface area (TPSA) is 156 Å². The molecule has 1 aliphatic carbocycles. The monoisotopic (exact) mass is 845 g/mol. The maximum absolute atomic E-state index is 15.4. The first-order valence-corrected chi connectivity index (χ1v) is 21.1. The average Bonchev–Trinajstić information content (AvgIpc) is 3.64. The Morgan fingerprint density at radius 3 is 2.30 bits per heavy atom. The van der Waals surface area contributed by atoms with Crippen LogP contribution in [0, 0.1) is 51.7 Å². The molecule has 1 N–H and O–H groups in total. The molecule has 3 aromatic rings. The summed E-state index contributed by atoms with van der Waals surface area (Å²) in [5.74, 6) is 4.66. The van der Waals surface area contributed by atoms with Crippen molar-refractivity contribution in [3.63, 3.8) is 0 Å². The van der Waals surface area contributed by atoms with Gasteiger partial charge in [0.1, 0.15) is 35.5 Å². The van der Waals surface area contributed by atoms with Crippen LogP contribution in [0.15, 0.2) is 42.5 Å². The molecule has 0 spiro atoms. The molecule has 9 rings (SSSR count). The molecule has 1 unspecified atom stereocenters. The number of halogens is 2. The molecule has 0 radical (unpaired) electrons. The molecular weight excluding hydrogens is 801 g/mol. The lowest BCUT2D eigenvalue weighted by atomic mass is 9.49. The number of fused-ring (bicyclic) bond motifs is 2. The van der Waals surface area contributed by atoms with Gasteiger partial charge in [-0.15, -0.1) is 0 Å². The molecule has 4 fully saturated rings. The van der Waals surface area contributed by atoms with Crippen LogP contribution in [-0.4, -0.2) is 100 Å². The van der Waals surface area contributed by atoms with Crippen molar-refractivity contribution in [2.45, 2.75) is 78.1 Å². The van der Waals surface area contributed by atoms with E-state index in [0.29, 0.717) is 53.1 Å². The molecule has 314 valence electrons. The van der Waals surface area contributed by atoms with Crippen molar-refractivity contribution in [1.82, 2.24) is 25.0 Å². The molecule has 13 nitrogen and oxygen atoms in total. The summed E-state index contributed by atoms with van der Waals surface area (Å²) in [6.45, 7) is 12.6. The van der Waals surface area contributed by atoms with Gasteiger partial charge in [0.25, 0.3) is 17.7 Å². The van der Waals surface area contributed by atoms with Crippen LogP contribution in [0.5, 0.6) is 5.75 Å². The second kappa shape index (κ2) is 15.0. The molecule has 3 saturated heterocycles. The van der Waals surface area contributed by atoms with E-state index in [2.05, 4.69) is 55.8 Å². The Hall–Kier alpha value is -5.83. The Morgan fingerprint density at radius 2 is 1.62 bits per heavy atom. The fraction of sp³-hybridized carbons (Fsp3) is 0.457. The Kier molecular flexibility index (Phi) is 9.95. The summed E-state index contributed by atoms with van der Waals surface area (Å²) < 4.78 is 21.9. The minimum atomic E-state index is -1.10. The molecule has 1 atom stereocenters. The van der Waals surface area contributed by atoms with Crippen LogP contribution in [-0.2, 0) is 16.1 Å². The van der Waals surface area contributed by atoms with Crippen molar-refractivity contribution in [2.75, 3.05) is 37.6 Å². The highest BCUT2D eigenvalue weighted by Gasteiger charge is 2.67. The quantitative estimate of drug-likeness (QED) is 0.248. The lowest BCUT2D eigenvalue weighted by Crippen LogP contribution is -2.74. The lowest BCUT2D eigenvalue weighted by Gasteiger charge is -2.65. The molecule has 5 amide bonds. The van der Waals surface area contributed by atoms with Gasteiger partial charge in [-0.05, 0) is 67.5 Å². The van der Waals surface area contributed by atoms with Crippen LogP contribution in [0.25, 0.3) is 0 Å². The van der Waals surface area contributed by atoms with Crippen molar-refractivity contribution in [3.8, 4) is 23.7 Å². The maximum Gasteiger partial charge on any atom is 0.262 e. The Balaban J connectivity index is 0.762. The van der Waals surface area contributed by atoms with E-state index in [1.165, 1.54) is 6.07 Å². The highest BCUT2D eigenvalue weighted by atomic mass is 35.5. The number of rotatable bonds is 7. The first-order chi connectivity index (χ1) is 29.0. The van der Waals surface area contributed by atoms with Crippen LogP contribution in [0.4, 0.5) is 10.1 Å². The predicted molar refractivity (Wildman–Crippen MR) is 221 cm³/mol. The number of likely N-dealkylation sites (tertiary alicyclic amines) is 1. The van der Waals surface area contributed by atoms with Gasteiger partial charge in [-0.25, -0.2) is 9.37 Å². The molecule has 0 bridgehead atoms. The fourth-order valence-electron chi connectivity index (χ4n) is 10.9. The normalized spacial score (nSPS) is 24.6. The molecule has 6 aliphatic rings. The van der Waals surface area contributed by atoms with Gasteiger partial charge in [-0.3, -0.25) is 34.2 Å². The zero-order chi connectivity index (χ0) is 43.1. The first-order valence-electron chi connectivity index (χ1n) is 20.8. The predicted octanol–water partition coefficient (Wildman–Crippen LogP) is 5.18. The number of anilines is 1. The maximum atomic E-state index is 15.4. The van der Waals surface area contributed by atoms with E-state index in [9.17, 15) is 29.2 Å². The van der Waals surface area contributed by atoms with Gasteiger partial charge in [0, 0.05) is 68.0 Å². The van der Waals surface area contributed by atoms with Gasteiger partial charge in [-0.1, -0.05) is 45.2 Å². The minimum absolute atomic E-state index is 0.0129. The molecule has 6 heterocycles. The van der Waals surface area contributed by atoms with Gasteiger partial charge >= 0.3 is 0 Å². The number of amides is 5. The Labute approximate surface area is 358 Å². The van der Waals surface area contributed by atoms with Crippen LogP contribution in [0.2, 0.25) is 5.02 Å². The van der Waals surface area contributed by atoms with Crippen LogP contribution < -0.4 is 15.0 Å². The number of benzene rings is 2. The van der Waals surface area contributed by atoms with E-state index in [0.717, 1.165) is 49.1 Å². The summed E-state index contributed by atoms with van der Waals surface area (Å²) in [7, 11) is 0. The highest BCUT2D eigenvalue weighted by molar-refractivity contribution is 6.31. The van der Waals surface area contributed by atoms with Crippen molar-refractivity contribution < 1.29 is 33.1 Å². The number of nitrogens with zero attached hydrogens (tertiary/aromatic N) is 6. The number of nitriles is 1. The van der Waals surface area contributed by atoms with Crippen LogP contribution in [0.3, 0.4) is 0 Å². The van der Waals surface area contributed by atoms with Gasteiger partial charge in [-0.2, -0.15) is 5.26 Å². The van der Waals surface area contributed by atoms with Crippen LogP contribution in [0.1, 0.15) is 101 Å². The number of carbonyl (C=O) groups is 5. The number of hydrogen-bond donors (Lipinski definition) is 1. The van der Waals surface area contributed by atoms with Gasteiger partial charge in [0.2, 0.25) is 11.8 Å². The van der Waals surface area contributed by atoms with Crippen molar-refractivity contribution in [2.24, 2.45) is 22.7 Å². The summed E-state index contributed by atoms with van der Waals surface area (Å²) in [6, 6.07) is 12.1. The second-order valence-corrected chi connectivity index (χ2v) is 18.7. The number of aromatic nitrogens is 1. The molecule has 15 heteroatoms. The number of ether oxygens (including phenoxy) is 1. The van der Waals surface area contributed by atoms with E-state index in [1.807, 2.05) is 21.9 Å². The third-order valence-corrected chi connectivity index (χ3v) is 13.8. The number of nitrogens with one attached hydrogen (secondary N) is 1. The number of imide groups is 2. The summed E-state index contributed by atoms with van der Waals surface area (Å²) in [6.07, 6.45) is 1.51. The third-order valence-electron chi connectivity index (χ3n) is 13.5. The third kappa shape index (κ3) is 6.90. The zero-order valence-corrected chi connectivity index (χ0v) is 35.1. The Morgan fingerprint density at radius 1 is 0.918 bits per heavy atom. The lowest BCUT2D eigenvalue weighted by molar-refractivity contribution is -0.199. The first kappa shape index (κ1) is 40.6. The van der Waals surface area contributed by atoms with E-state index >= 15 is 4.39 Å². The number of pyridine rings is 1. The zero-order valence-electron chi connectivity index (χ0n) is 34.4. The second-order valence-electron chi connectivity index (χ2n) is 18.3. The number of piperidine rings is 2. The summed E-state index contributed by atoms with van der Waals surface area (Å²) in [5, 5.41) is 11.8. The molecule has 5 aliphatic heterocycles. The Bertz CT molecular complexity index is 2510.